The zero-order chi connectivity index (χ0) is 21.8. The van der Waals surface area contributed by atoms with Crippen molar-refractivity contribution in [2.45, 2.75) is 13.5 Å². The van der Waals surface area contributed by atoms with Crippen molar-refractivity contribution in [3.05, 3.63) is 110 Å². The van der Waals surface area contributed by atoms with Crippen LogP contribution in [-0.4, -0.2) is 14.0 Å². The Morgan fingerprint density at radius 2 is 1.69 bits per heavy atom. The average Bonchev–Trinajstić information content (AvgIpc) is 3.41. The fourth-order valence-electron chi connectivity index (χ4n) is 4.36. The predicted molar refractivity (Wildman–Crippen MR) is 133 cm³/mol. The van der Waals surface area contributed by atoms with Gasteiger partial charge in [-0.1, -0.05) is 65.4 Å². The van der Waals surface area contributed by atoms with Gasteiger partial charge in [0.2, 0.25) is 0 Å². The Balaban J connectivity index is 1.56. The number of para-hydroxylation sites is 3. The third kappa shape index (κ3) is 2.97. The van der Waals surface area contributed by atoms with Crippen LogP contribution in [0.4, 0.5) is 0 Å². The summed E-state index contributed by atoms with van der Waals surface area (Å²) >= 11 is 7.50. The summed E-state index contributed by atoms with van der Waals surface area (Å²) in [7, 11) is 0. The number of halogens is 1. The van der Waals surface area contributed by atoms with Crippen LogP contribution in [-0.2, 0) is 6.54 Å². The lowest BCUT2D eigenvalue weighted by Gasteiger charge is -2.09. The maximum Gasteiger partial charge on any atom is 0.274 e. The molecule has 6 rings (SSSR count). The molecule has 32 heavy (non-hydrogen) atoms. The lowest BCUT2D eigenvalue weighted by molar-refractivity contribution is 0.804. The largest absolute Gasteiger partial charge is 0.340 e. The number of nitrogens with zero attached hydrogens (tertiary/aromatic N) is 3. The van der Waals surface area contributed by atoms with Crippen molar-refractivity contribution in [3.63, 3.8) is 0 Å². The Morgan fingerprint density at radius 3 is 2.50 bits per heavy atom. The first-order valence-corrected chi connectivity index (χ1v) is 11.5. The van der Waals surface area contributed by atoms with Crippen LogP contribution in [0.3, 0.4) is 0 Å². The number of benzene rings is 3. The van der Waals surface area contributed by atoms with E-state index in [0.29, 0.717) is 4.53 Å². The third-order valence-electron chi connectivity index (χ3n) is 5.95. The molecule has 6 aromatic rings. The Kier molecular flexibility index (Phi) is 4.42. The van der Waals surface area contributed by atoms with Gasteiger partial charge in [-0.3, -0.25) is 4.79 Å². The number of rotatable bonds is 3. The second kappa shape index (κ2) is 7.33. The summed E-state index contributed by atoms with van der Waals surface area (Å²) in [4.78, 5) is 18.6. The number of aromatic nitrogens is 3. The van der Waals surface area contributed by atoms with Crippen molar-refractivity contribution in [1.29, 1.82) is 0 Å². The molecule has 0 aliphatic heterocycles. The normalized spacial score (nSPS) is 12.5. The van der Waals surface area contributed by atoms with E-state index in [-0.39, 0.29) is 5.56 Å². The minimum absolute atomic E-state index is 0.0207. The third-order valence-corrected chi connectivity index (χ3v) is 7.17. The molecule has 0 bridgehead atoms. The molecule has 0 saturated carbocycles. The molecule has 0 aliphatic carbocycles. The molecule has 0 amide bonds. The molecule has 0 spiro atoms. The van der Waals surface area contributed by atoms with Crippen molar-refractivity contribution in [3.8, 4) is 0 Å². The SMILES string of the molecule is Cc1c(/C=c2\sc3nc4ccccc4n3c2=O)c2ccccc2n1Cc1ccc(Cl)cc1. The Morgan fingerprint density at radius 1 is 0.969 bits per heavy atom. The second-order valence-corrected chi connectivity index (χ2v) is 9.31. The molecule has 0 N–H and O–H groups in total. The highest BCUT2D eigenvalue weighted by Gasteiger charge is 2.15. The van der Waals surface area contributed by atoms with Gasteiger partial charge >= 0.3 is 0 Å². The molecule has 0 aliphatic rings. The standard InChI is InChI=1S/C26H18ClN3OS/c1-16-20(14-24-25(31)30-23-9-5-3-7-21(23)28-26(30)32-24)19-6-2-4-8-22(19)29(16)15-17-10-12-18(27)13-11-17/h2-14H,15H2,1H3/b24-14-. The molecule has 3 aromatic carbocycles. The number of fused-ring (bicyclic) bond motifs is 4. The maximum atomic E-state index is 13.3. The molecule has 156 valence electrons. The lowest BCUT2D eigenvalue weighted by Crippen LogP contribution is -2.22. The zero-order valence-electron chi connectivity index (χ0n) is 17.2. The van der Waals surface area contributed by atoms with E-state index in [2.05, 4.69) is 40.7 Å². The van der Waals surface area contributed by atoms with Gasteiger partial charge in [-0.25, -0.2) is 9.38 Å². The summed E-state index contributed by atoms with van der Waals surface area (Å²) in [5, 5.41) is 1.87. The Labute approximate surface area is 192 Å². The summed E-state index contributed by atoms with van der Waals surface area (Å²) in [5.74, 6) is 0. The van der Waals surface area contributed by atoms with Crippen molar-refractivity contribution in [2.75, 3.05) is 0 Å². The minimum Gasteiger partial charge on any atom is -0.340 e. The van der Waals surface area contributed by atoms with Crippen LogP contribution in [0.1, 0.15) is 16.8 Å². The molecule has 6 heteroatoms. The summed E-state index contributed by atoms with van der Waals surface area (Å²) in [6.45, 7) is 2.85. The van der Waals surface area contributed by atoms with Crippen LogP contribution >= 0.6 is 22.9 Å². The van der Waals surface area contributed by atoms with Gasteiger partial charge in [0.15, 0.2) is 4.96 Å². The predicted octanol–water partition coefficient (Wildman–Crippen LogP) is 5.42. The van der Waals surface area contributed by atoms with E-state index in [4.69, 9.17) is 11.6 Å². The average molecular weight is 456 g/mol. The molecule has 0 saturated heterocycles. The second-order valence-electron chi connectivity index (χ2n) is 7.86. The first kappa shape index (κ1) is 19.3. The Bertz CT molecular complexity index is 1740. The minimum atomic E-state index is -0.0207. The number of hydrogen-bond acceptors (Lipinski definition) is 3. The lowest BCUT2D eigenvalue weighted by atomic mass is 10.1. The molecule has 3 heterocycles. The van der Waals surface area contributed by atoms with Gasteiger partial charge in [0, 0.05) is 33.7 Å². The fraction of sp³-hybridized carbons (Fsp3) is 0.0769. The monoisotopic (exact) mass is 455 g/mol. The highest BCUT2D eigenvalue weighted by atomic mass is 35.5. The van der Waals surface area contributed by atoms with Crippen LogP contribution < -0.4 is 10.1 Å². The van der Waals surface area contributed by atoms with Crippen molar-refractivity contribution in [1.82, 2.24) is 14.0 Å². The van der Waals surface area contributed by atoms with Gasteiger partial charge in [0.25, 0.3) is 5.56 Å². The highest BCUT2D eigenvalue weighted by molar-refractivity contribution is 7.15. The first-order chi connectivity index (χ1) is 15.6. The zero-order valence-corrected chi connectivity index (χ0v) is 18.8. The highest BCUT2D eigenvalue weighted by Crippen LogP contribution is 2.28. The van der Waals surface area contributed by atoms with E-state index in [1.807, 2.05) is 54.6 Å². The van der Waals surface area contributed by atoms with Gasteiger partial charge in [-0.05, 0) is 48.9 Å². The molecule has 0 radical (unpaired) electrons. The maximum absolute atomic E-state index is 13.3. The van der Waals surface area contributed by atoms with Crippen LogP contribution in [0, 0.1) is 6.92 Å². The number of hydrogen-bond donors (Lipinski definition) is 0. The summed E-state index contributed by atoms with van der Waals surface area (Å²) in [6.07, 6.45) is 2.02. The van der Waals surface area contributed by atoms with Crippen molar-refractivity contribution >= 4 is 55.9 Å². The van der Waals surface area contributed by atoms with E-state index in [9.17, 15) is 4.79 Å². The van der Waals surface area contributed by atoms with Gasteiger partial charge in [-0.15, -0.1) is 0 Å². The van der Waals surface area contributed by atoms with E-state index in [1.165, 1.54) is 16.9 Å². The van der Waals surface area contributed by atoms with Crippen LogP contribution in [0.2, 0.25) is 5.02 Å². The quantitative estimate of drug-likeness (QED) is 0.357. The molecular formula is C26H18ClN3OS. The van der Waals surface area contributed by atoms with E-state index in [1.54, 1.807) is 4.40 Å². The number of imidazole rings is 1. The van der Waals surface area contributed by atoms with Crippen LogP contribution in [0.25, 0.3) is 33.0 Å². The van der Waals surface area contributed by atoms with Crippen LogP contribution in [0.15, 0.2) is 77.6 Å². The molecule has 3 aromatic heterocycles. The van der Waals surface area contributed by atoms with E-state index in [0.717, 1.165) is 49.7 Å². The summed E-state index contributed by atoms with van der Waals surface area (Å²) in [6, 6.07) is 24.0. The van der Waals surface area contributed by atoms with Gasteiger partial charge in [0.05, 0.1) is 15.6 Å². The summed E-state index contributed by atoms with van der Waals surface area (Å²) < 4.78 is 4.70. The van der Waals surface area contributed by atoms with Crippen molar-refractivity contribution < 1.29 is 0 Å². The van der Waals surface area contributed by atoms with Crippen LogP contribution in [0.5, 0.6) is 0 Å². The van der Waals surface area contributed by atoms with Crippen molar-refractivity contribution in [2.24, 2.45) is 0 Å². The van der Waals surface area contributed by atoms with Gasteiger partial charge in [-0.2, -0.15) is 0 Å². The topological polar surface area (TPSA) is 39.3 Å². The molecular weight excluding hydrogens is 438 g/mol. The number of thiazole rings is 1. The van der Waals surface area contributed by atoms with E-state index < -0.39 is 0 Å². The van der Waals surface area contributed by atoms with E-state index >= 15 is 0 Å². The Hall–Kier alpha value is -3.41. The first-order valence-electron chi connectivity index (χ1n) is 10.3. The molecule has 0 unspecified atom stereocenters. The van der Waals surface area contributed by atoms with Gasteiger partial charge < -0.3 is 4.57 Å². The van der Waals surface area contributed by atoms with Gasteiger partial charge in [0.1, 0.15) is 0 Å². The molecule has 0 atom stereocenters. The summed E-state index contributed by atoms with van der Waals surface area (Å²) in [5.41, 5.74) is 6.19. The smallest absolute Gasteiger partial charge is 0.274 e. The molecule has 0 fully saturated rings. The molecule has 4 nitrogen and oxygen atoms in total. The fourth-order valence-corrected chi connectivity index (χ4v) is 5.45.